The van der Waals surface area contributed by atoms with Gasteiger partial charge in [0.05, 0.1) is 17.6 Å². The summed E-state index contributed by atoms with van der Waals surface area (Å²) in [5.74, 6) is -1.33. The van der Waals surface area contributed by atoms with E-state index in [-0.39, 0.29) is 17.5 Å². The summed E-state index contributed by atoms with van der Waals surface area (Å²) in [5, 5.41) is 13.8. The molecule has 0 fully saturated rings. The predicted molar refractivity (Wildman–Crippen MR) is 107 cm³/mol. The molecule has 146 valence electrons. The number of ether oxygens (including phenoxy) is 1. The Kier molecular flexibility index (Phi) is 6.08. The Morgan fingerprint density at radius 2 is 2.18 bits per heavy atom. The van der Waals surface area contributed by atoms with Crippen molar-refractivity contribution in [1.82, 2.24) is 9.55 Å². The van der Waals surface area contributed by atoms with Crippen LogP contribution in [0.4, 0.5) is 5.69 Å². The first-order chi connectivity index (χ1) is 13.4. The number of aromatic carboxylic acids is 1. The molecule has 2 heterocycles. The first kappa shape index (κ1) is 20.0. The Morgan fingerprint density at radius 3 is 2.86 bits per heavy atom. The fourth-order valence-electron chi connectivity index (χ4n) is 2.68. The number of carbonyl (C=O) groups is 2. The first-order valence-corrected chi connectivity index (χ1v) is 9.45. The maximum Gasteiger partial charge on any atom is 0.337 e. The van der Waals surface area contributed by atoms with E-state index in [1.165, 1.54) is 17.1 Å². The van der Waals surface area contributed by atoms with Crippen molar-refractivity contribution in [3.63, 3.8) is 0 Å². The maximum absolute atomic E-state index is 13.0. The van der Waals surface area contributed by atoms with Gasteiger partial charge in [0, 0.05) is 29.6 Å². The number of methoxy groups -OCH3 is 1. The number of carboxylic acids is 1. The zero-order valence-electron chi connectivity index (χ0n) is 14.8. The van der Waals surface area contributed by atoms with Crippen LogP contribution in [-0.4, -0.2) is 40.3 Å². The lowest BCUT2D eigenvalue weighted by Crippen LogP contribution is -2.32. The standard InChI is InChI=1S/C18H16ClN3O5S/c1-27-6-5-13-21-16-15(12(9-28-16)18(25)26)17(24)22(13)8-14(23)20-11-4-2-3-10(19)7-11/h2-4,7,9H,5-6,8H2,1H3,(H,20,23)(H,25,26). The molecule has 3 aromatic rings. The average Bonchev–Trinajstić information content (AvgIpc) is 3.07. The van der Waals surface area contributed by atoms with Gasteiger partial charge in [-0.05, 0) is 18.2 Å². The second-order valence-electron chi connectivity index (χ2n) is 5.86. The molecular weight excluding hydrogens is 406 g/mol. The molecular formula is C18H16ClN3O5S. The Hall–Kier alpha value is -2.75. The molecule has 28 heavy (non-hydrogen) atoms. The van der Waals surface area contributed by atoms with Gasteiger partial charge in [-0.25, -0.2) is 9.78 Å². The second kappa shape index (κ2) is 8.51. The van der Waals surface area contributed by atoms with E-state index in [0.717, 1.165) is 11.3 Å². The lowest BCUT2D eigenvalue weighted by Gasteiger charge is -2.13. The number of amides is 1. The van der Waals surface area contributed by atoms with Crippen molar-refractivity contribution >= 4 is 50.7 Å². The molecule has 0 aliphatic rings. The highest BCUT2D eigenvalue weighted by Crippen LogP contribution is 2.22. The normalized spacial score (nSPS) is 10.9. The molecule has 0 spiro atoms. The predicted octanol–water partition coefficient (Wildman–Crippen LogP) is 2.64. The number of fused-ring (bicyclic) bond motifs is 1. The van der Waals surface area contributed by atoms with Gasteiger partial charge in [-0.3, -0.25) is 14.2 Å². The maximum atomic E-state index is 13.0. The van der Waals surface area contributed by atoms with Gasteiger partial charge >= 0.3 is 5.97 Å². The SMILES string of the molecule is COCCc1nc2scc(C(=O)O)c2c(=O)n1CC(=O)Nc1cccc(Cl)c1. The van der Waals surface area contributed by atoms with E-state index in [1.54, 1.807) is 24.3 Å². The average molecular weight is 422 g/mol. The summed E-state index contributed by atoms with van der Waals surface area (Å²) in [5.41, 5.74) is -0.212. The van der Waals surface area contributed by atoms with Crippen molar-refractivity contribution in [2.24, 2.45) is 0 Å². The van der Waals surface area contributed by atoms with E-state index in [2.05, 4.69) is 10.3 Å². The summed E-state index contributed by atoms with van der Waals surface area (Å²) in [6.07, 6.45) is 0.298. The van der Waals surface area contributed by atoms with Crippen LogP contribution in [0.25, 0.3) is 10.2 Å². The second-order valence-corrected chi connectivity index (χ2v) is 7.15. The molecule has 0 unspecified atom stereocenters. The number of carbonyl (C=O) groups excluding carboxylic acids is 1. The molecule has 8 nitrogen and oxygen atoms in total. The summed E-state index contributed by atoms with van der Waals surface area (Å²) in [6.45, 7) is -0.0206. The number of benzene rings is 1. The molecule has 0 radical (unpaired) electrons. The molecule has 0 aliphatic heterocycles. The van der Waals surface area contributed by atoms with Crippen LogP contribution in [0.1, 0.15) is 16.2 Å². The van der Waals surface area contributed by atoms with Crippen molar-refractivity contribution in [2.75, 3.05) is 19.0 Å². The highest BCUT2D eigenvalue weighted by atomic mass is 35.5. The van der Waals surface area contributed by atoms with Crippen molar-refractivity contribution in [3.8, 4) is 0 Å². The number of aromatic nitrogens is 2. The molecule has 0 bridgehead atoms. The molecule has 3 rings (SSSR count). The van der Waals surface area contributed by atoms with Gasteiger partial charge in [0.25, 0.3) is 5.56 Å². The molecule has 0 saturated carbocycles. The van der Waals surface area contributed by atoms with Crippen molar-refractivity contribution in [3.05, 3.63) is 56.4 Å². The topological polar surface area (TPSA) is 111 Å². The van der Waals surface area contributed by atoms with Crippen LogP contribution in [0.5, 0.6) is 0 Å². The lowest BCUT2D eigenvalue weighted by atomic mass is 10.2. The lowest BCUT2D eigenvalue weighted by molar-refractivity contribution is -0.116. The van der Waals surface area contributed by atoms with Gasteiger partial charge in [-0.15, -0.1) is 11.3 Å². The monoisotopic (exact) mass is 421 g/mol. The van der Waals surface area contributed by atoms with Gasteiger partial charge in [-0.1, -0.05) is 17.7 Å². The molecule has 0 saturated heterocycles. The quantitative estimate of drug-likeness (QED) is 0.606. The number of nitrogens with zero attached hydrogens (tertiary/aromatic N) is 2. The highest BCUT2D eigenvalue weighted by Gasteiger charge is 2.20. The molecule has 0 atom stereocenters. The highest BCUT2D eigenvalue weighted by molar-refractivity contribution is 7.17. The van der Waals surface area contributed by atoms with E-state index >= 15 is 0 Å². The Bertz CT molecular complexity index is 1110. The number of hydrogen-bond donors (Lipinski definition) is 2. The summed E-state index contributed by atoms with van der Waals surface area (Å²) < 4.78 is 6.23. The van der Waals surface area contributed by atoms with Crippen LogP contribution in [0.3, 0.4) is 0 Å². The number of thiophene rings is 1. The zero-order chi connectivity index (χ0) is 20.3. The van der Waals surface area contributed by atoms with Gasteiger partial charge < -0.3 is 15.2 Å². The van der Waals surface area contributed by atoms with E-state index in [4.69, 9.17) is 16.3 Å². The molecule has 2 N–H and O–H groups in total. The summed E-state index contributed by atoms with van der Waals surface area (Å²) in [7, 11) is 1.51. The van der Waals surface area contributed by atoms with Gasteiger partial charge in [0.1, 0.15) is 17.2 Å². The van der Waals surface area contributed by atoms with Crippen molar-refractivity contribution in [2.45, 2.75) is 13.0 Å². The number of nitrogens with one attached hydrogen (secondary N) is 1. The van der Waals surface area contributed by atoms with Crippen LogP contribution in [-0.2, 0) is 22.5 Å². The summed E-state index contributed by atoms with van der Waals surface area (Å²) in [4.78, 5) is 41.6. The molecule has 10 heteroatoms. The molecule has 2 aromatic heterocycles. The van der Waals surface area contributed by atoms with Crippen LogP contribution < -0.4 is 10.9 Å². The fourth-order valence-corrected chi connectivity index (χ4v) is 3.79. The third-order valence-corrected chi connectivity index (χ3v) is 5.05. The third kappa shape index (κ3) is 4.22. The third-order valence-electron chi connectivity index (χ3n) is 3.94. The summed E-state index contributed by atoms with van der Waals surface area (Å²) in [6, 6.07) is 6.61. The van der Waals surface area contributed by atoms with Crippen LogP contribution in [0.2, 0.25) is 5.02 Å². The Morgan fingerprint density at radius 1 is 1.39 bits per heavy atom. The van der Waals surface area contributed by atoms with Gasteiger partial charge in [0.15, 0.2) is 0 Å². The Balaban J connectivity index is 2.00. The minimum Gasteiger partial charge on any atom is -0.478 e. The summed E-state index contributed by atoms with van der Waals surface area (Å²) >= 11 is 6.99. The smallest absolute Gasteiger partial charge is 0.337 e. The zero-order valence-corrected chi connectivity index (χ0v) is 16.3. The van der Waals surface area contributed by atoms with Crippen LogP contribution >= 0.6 is 22.9 Å². The van der Waals surface area contributed by atoms with Gasteiger partial charge in [-0.2, -0.15) is 0 Å². The van der Waals surface area contributed by atoms with Crippen molar-refractivity contribution < 1.29 is 19.4 Å². The van der Waals surface area contributed by atoms with Crippen molar-refractivity contribution in [1.29, 1.82) is 0 Å². The first-order valence-electron chi connectivity index (χ1n) is 8.19. The van der Waals surface area contributed by atoms with Crippen LogP contribution in [0, 0.1) is 0 Å². The number of halogens is 1. The number of anilines is 1. The minimum absolute atomic E-state index is 0.00535. The molecule has 0 aliphatic carbocycles. The number of hydrogen-bond acceptors (Lipinski definition) is 6. The van der Waals surface area contributed by atoms with E-state index in [1.807, 2.05) is 0 Å². The fraction of sp³-hybridized carbons (Fsp3) is 0.222. The van der Waals surface area contributed by atoms with Crippen LogP contribution in [0.15, 0.2) is 34.4 Å². The number of carboxylic acid groups (broad SMARTS) is 1. The Labute approximate surface area is 168 Å². The number of rotatable bonds is 7. The largest absolute Gasteiger partial charge is 0.478 e. The minimum atomic E-state index is -1.22. The molecule has 1 amide bonds. The van der Waals surface area contributed by atoms with E-state index in [0.29, 0.717) is 34.4 Å². The van der Waals surface area contributed by atoms with E-state index < -0.39 is 17.4 Å². The van der Waals surface area contributed by atoms with Gasteiger partial charge in [0.2, 0.25) is 5.91 Å². The van der Waals surface area contributed by atoms with E-state index in [9.17, 15) is 19.5 Å². The molecule has 1 aromatic carbocycles.